The predicted octanol–water partition coefficient (Wildman–Crippen LogP) is 5.94. The molecule has 0 aliphatic heterocycles. The Morgan fingerprint density at radius 2 is 1.79 bits per heavy atom. The second-order valence-corrected chi connectivity index (χ2v) is 19.1. The predicted molar refractivity (Wildman–Crippen MR) is 128 cm³/mol. The summed E-state index contributed by atoms with van der Waals surface area (Å²) < 4.78 is 0. The van der Waals surface area contributed by atoms with E-state index in [9.17, 15) is 4.79 Å². The van der Waals surface area contributed by atoms with Crippen LogP contribution in [0.4, 0.5) is 0 Å². The van der Waals surface area contributed by atoms with Crippen LogP contribution < -0.4 is 5.19 Å². The standard InChI is InChI=1S/C25H37OSi2/c1-21-19-22(13-10-11-17-27(2,3)4)24(25(26)20-21)16-12-18-28(5,6)23-14-8-7-9-15-23/h7-9,12,14-15,18,21-22H,10,13,16,19-20H2,1-6H3/b18-12+/t21-,22-/m1/s1. The minimum absolute atomic E-state index is 0.394. The van der Waals surface area contributed by atoms with Crippen molar-refractivity contribution in [2.45, 2.75) is 71.8 Å². The van der Waals surface area contributed by atoms with Crippen LogP contribution >= 0.6 is 0 Å². The average molecular weight is 410 g/mol. The summed E-state index contributed by atoms with van der Waals surface area (Å²) in [5, 5.41) is 1.44. The zero-order valence-electron chi connectivity index (χ0n) is 18.6. The molecule has 151 valence electrons. The van der Waals surface area contributed by atoms with Crippen LogP contribution in [0.25, 0.3) is 0 Å². The van der Waals surface area contributed by atoms with E-state index in [0.717, 1.165) is 38.0 Å². The third-order valence-electron chi connectivity index (χ3n) is 5.54. The molecule has 1 aliphatic carbocycles. The first-order valence-corrected chi connectivity index (χ1v) is 17.3. The van der Waals surface area contributed by atoms with Crippen LogP contribution in [-0.2, 0) is 4.79 Å². The molecule has 0 spiro atoms. The van der Waals surface area contributed by atoms with Crippen molar-refractivity contribution in [1.29, 1.82) is 0 Å². The number of carbonyl (C=O) groups excluding carboxylic acids is 1. The number of allylic oxidation sites excluding steroid dienone is 1. The first-order chi connectivity index (χ1) is 13.1. The van der Waals surface area contributed by atoms with Gasteiger partial charge in [-0.05, 0) is 31.1 Å². The summed E-state index contributed by atoms with van der Waals surface area (Å²) in [5.74, 6) is 5.87. The fourth-order valence-electron chi connectivity index (χ4n) is 3.98. The van der Waals surface area contributed by atoms with Gasteiger partial charge in [-0.15, -0.1) is 11.5 Å². The molecule has 1 fully saturated rings. The highest BCUT2D eigenvalue weighted by atomic mass is 28.3. The van der Waals surface area contributed by atoms with E-state index in [-0.39, 0.29) is 0 Å². The lowest BCUT2D eigenvalue weighted by molar-refractivity contribution is -0.120. The molecule has 0 bridgehead atoms. The lowest BCUT2D eigenvalue weighted by atomic mass is 9.71. The van der Waals surface area contributed by atoms with Crippen LogP contribution in [-0.4, -0.2) is 21.9 Å². The zero-order valence-corrected chi connectivity index (χ0v) is 20.6. The van der Waals surface area contributed by atoms with Gasteiger partial charge in [-0.2, -0.15) is 0 Å². The Bertz CT molecular complexity index is 731. The molecule has 28 heavy (non-hydrogen) atoms. The van der Waals surface area contributed by atoms with Gasteiger partial charge in [0.25, 0.3) is 0 Å². The number of rotatable bonds is 6. The molecule has 0 aromatic heterocycles. The van der Waals surface area contributed by atoms with Gasteiger partial charge in [0, 0.05) is 18.8 Å². The van der Waals surface area contributed by atoms with Crippen molar-refractivity contribution in [3.05, 3.63) is 48.0 Å². The van der Waals surface area contributed by atoms with Gasteiger partial charge < -0.3 is 0 Å². The van der Waals surface area contributed by atoms with Crippen LogP contribution in [0, 0.1) is 29.2 Å². The van der Waals surface area contributed by atoms with Crippen LogP contribution in [0.15, 0.2) is 42.1 Å². The van der Waals surface area contributed by atoms with Crippen LogP contribution in [0.2, 0.25) is 32.7 Å². The molecule has 1 aliphatic rings. The third-order valence-corrected chi connectivity index (χ3v) is 9.36. The van der Waals surface area contributed by atoms with Crippen molar-refractivity contribution in [2.75, 3.05) is 0 Å². The molecule has 1 saturated carbocycles. The molecule has 2 rings (SSSR count). The largest absolute Gasteiger partial charge is 0.299 e. The van der Waals surface area contributed by atoms with Crippen LogP contribution in [0.3, 0.4) is 0 Å². The van der Waals surface area contributed by atoms with E-state index in [1.165, 1.54) is 5.19 Å². The summed E-state index contributed by atoms with van der Waals surface area (Å²) in [6, 6.07) is 10.8. The lowest BCUT2D eigenvalue weighted by Crippen LogP contribution is -2.39. The molecule has 0 N–H and O–H groups in total. The van der Waals surface area contributed by atoms with Crippen molar-refractivity contribution in [3.63, 3.8) is 0 Å². The Hall–Kier alpha value is -1.38. The monoisotopic (exact) mass is 409 g/mol. The third kappa shape index (κ3) is 7.22. The molecule has 2 atom stereocenters. The Balaban J connectivity index is 2.02. The molecule has 1 aromatic rings. The molecule has 1 aromatic carbocycles. The highest BCUT2D eigenvalue weighted by Gasteiger charge is 2.34. The van der Waals surface area contributed by atoms with Crippen molar-refractivity contribution in [2.24, 2.45) is 11.8 Å². The second kappa shape index (κ2) is 9.90. The Morgan fingerprint density at radius 3 is 2.43 bits per heavy atom. The number of hydrogen-bond donors (Lipinski definition) is 0. The average Bonchev–Trinajstić information content (AvgIpc) is 2.60. The summed E-state index contributed by atoms with van der Waals surface area (Å²) >= 11 is 0. The molecule has 1 radical (unpaired) electrons. The first kappa shape index (κ1) is 22.9. The SMILES string of the molecule is C[C@H]1CC(=O)[C](C/C=C/[Si](C)(C)c2ccccc2)[C@H](CCC#C[Si](C)(C)C)C1. The van der Waals surface area contributed by atoms with E-state index in [2.05, 4.69) is 93.2 Å². The Labute approximate surface area is 175 Å². The number of ketones is 1. The van der Waals surface area contributed by atoms with Crippen LogP contribution in [0.5, 0.6) is 0 Å². The molecule has 0 saturated heterocycles. The van der Waals surface area contributed by atoms with Crippen molar-refractivity contribution < 1.29 is 4.79 Å². The molecular formula is C25H37OSi2. The zero-order chi connectivity index (χ0) is 20.8. The highest BCUT2D eigenvalue weighted by molar-refractivity contribution is 6.93. The van der Waals surface area contributed by atoms with E-state index in [1.807, 2.05) is 0 Å². The summed E-state index contributed by atoms with van der Waals surface area (Å²) in [7, 11) is -2.90. The number of Topliss-reactive ketones (excluding diaryl/α,β-unsaturated/α-hetero) is 1. The van der Waals surface area contributed by atoms with E-state index in [0.29, 0.717) is 17.6 Å². The van der Waals surface area contributed by atoms with Crippen LogP contribution in [0.1, 0.15) is 39.0 Å². The van der Waals surface area contributed by atoms with Crippen molar-refractivity contribution in [3.8, 4) is 11.5 Å². The summed E-state index contributed by atoms with van der Waals surface area (Å²) in [6.45, 7) is 13.8. The minimum atomic E-state index is -1.60. The molecule has 0 amide bonds. The second-order valence-electron chi connectivity index (χ2n) is 9.97. The fraction of sp³-hybridized carbons (Fsp3) is 0.520. The van der Waals surface area contributed by atoms with Gasteiger partial charge >= 0.3 is 0 Å². The Kier molecular flexibility index (Phi) is 8.10. The molecule has 1 nitrogen and oxygen atoms in total. The number of hydrogen-bond acceptors (Lipinski definition) is 1. The normalized spacial score (nSPS) is 21.6. The lowest BCUT2D eigenvalue weighted by Gasteiger charge is -2.32. The summed E-state index contributed by atoms with van der Waals surface area (Å²) in [6.07, 6.45) is 6.93. The van der Waals surface area contributed by atoms with Gasteiger partial charge in [-0.3, -0.25) is 4.79 Å². The Morgan fingerprint density at radius 1 is 1.11 bits per heavy atom. The smallest absolute Gasteiger partial charge is 0.140 e. The van der Waals surface area contributed by atoms with Gasteiger partial charge in [0.2, 0.25) is 0 Å². The van der Waals surface area contributed by atoms with Crippen molar-refractivity contribution in [1.82, 2.24) is 0 Å². The summed E-state index contributed by atoms with van der Waals surface area (Å²) in [5.41, 5.74) is 5.87. The highest BCUT2D eigenvalue weighted by Crippen LogP contribution is 2.38. The van der Waals surface area contributed by atoms with Gasteiger partial charge in [0.15, 0.2) is 0 Å². The van der Waals surface area contributed by atoms with E-state index < -0.39 is 16.1 Å². The van der Waals surface area contributed by atoms with Gasteiger partial charge in [-0.1, -0.05) is 87.0 Å². The molecule has 0 heterocycles. The maximum Gasteiger partial charge on any atom is 0.140 e. The quantitative estimate of drug-likeness (QED) is 0.420. The maximum absolute atomic E-state index is 12.7. The maximum atomic E-state index is 12.7. The van der Waals surface area contributed by atoms with E-state index in [1.54, 1.807) is 0 Å². The fourth-order valence-corrected chi connectivity index (χ4v) is 6.58. The van der Waals surface area contributed by atoms with Gasteiger partial charge in [0.1, 0.15) is 21.9 Å². The van der Waals surface area contributed by atoms with E-state index >= 15 is 0 Å². The summed E-state index contributed by atoms with van der Waals surface area (Å²) in [4.78, 5) is 12.7. The molecule has 3 heteroatoms. The molecule has 0 unspecified atom stereocenters. The van der Waals surface area contributed by atoms with Crippen molar-refractivity contribution >= 4 is 27.1 Å². The molecular weight excluding hydrogens is 372 g/mol. The van der Waals surface area contributed by atoms with Gasteiger partial charge in [0.05, 0.1) is 0 Å². The number of carbonyl (C=O) groups is 1. The topological polar surface area (TPSA) is 17.1 Å². The number of benzene rings is 1. The van der Waals surface area contributed by atoms with E-state index in [4.69, 9.17) is 0 Å². The first-order valence-electron chi connectivity index (χ1n) is 10.7. The van der Waals surface area contributed by atoms with Gasteiger partial charge in [-0.25, -0.2) is 0 Å². The minimum Gasteiger partial charge on any atom is -0.299 e.